The second-order valence-electron chi connectivity index (χ2n) is 3.68. The zero-order valence-electron chi connectivity index (χ0n) is 9.30. The Hall–Kier alpha value is -1.90. The van der Waals surface area contributed by atoms with Crippen LogP contribution in [0.15, 0.2) is 24.3 Å². The molecule has 0 fully saturated rings. The maximum Gasteiger partial charge on any atom is 0.305 e. The van der Waals surface area contributed by atoms with Crippen molar-refractivity contribution in [3.63, 3.8) is 0 Å². The van der Waals surface area contributed by atoms with E-state index in [1.54, 1.807) is 24.3 Å². The lowest BCUT2D eigenvalue weighted by Crippen LogP contribution is -2.28. The summed E-state index contributed by atoms with van der Waals surface area (Å²) in [4.78, 5) is 10.3. The van der Waals surface area contributed by atoms with Crippen LogP contribution >= 0.6 is 0 Å². The molecule has 3 N–H and O–H groups in total. The van der Waals surface area contributed by atoms with Gasteiger partial charge >= 0.3 is 5.97 Å². The molecule has 1 rings (SSSR count). The third kappa shape index (κ3) is 5.11. The zero-order valence-corrected chi connectivity index (χ0v) is 9.30. The molecule has 0 bridgehead atoms. The van der Waals surface area contributed by atoms with Gasteiger partial charge in [-0.3, -0.25) is 4.79 Å². The molecule has 0 radical (unpaired) electrons. The molecule has 0 aliphatic carbocycles. The van der Waals surface area contributed by atoms with Crippen molar-refractivity contribution < 1.29 is 14.6 Å². The highest BCUT2D eigenvalue weighted by atomic mass is 16.5. The average molecular weight is 234 g/mol. The van der Waals surface area contributed by atoms with E-state index in [4.69, 9.17) is 20.8 Å². The van der Waals surface area contributed by atoms with E-state index in [1.807, 2.05) is 6.07 Å². The number of carboxylic acids is 1. The van der Waals surface area contributed by atoms with E-state index in [2.05, 4.69) is 0 Å². The Labute approximate surface area is 99.4 Å². The van der Waals surface area contributed by atoms with Gasteiger partial charge in [-0.05, 0) is 17.7 Å². The smallest absolute Gasteiger partial charge is 0.305 e. The molecule has 0 saturated heterocycles. The largest absolute Gasteiger partial charge is 0.481 e. The van der Waals surface area contributed by atoms with Crippen LogP contribution in [-0.4, -0.2) is 23.7 Å². The summed E-state index contributed by atoms with van der Waals surface area (Å²) in [6, 6.07) is 8.52. The number of benzene rings is 1. The van der Waals surface area contributed by atoms with E-state index >= 15 is 0 Å². The highest BCUT2D eigenvalue weighted by molar-refractivity contribution is 5.67. The Morgan fingerprint density at radius 3 is 2.65 bits per heavy atom. The van der Waals surface area contributed by atoms with E-state index < -0.39 is 12.0 Å². The molecule has 0 heterocycles. The standard InChI is InChI=1S/C12H14N2O3/c13-6-9-1-3-10(4-2-9)7-17-8-11(14)5-12(15)16/h1-4,11H,5,7-8,14H2,(H,15,16)/t11-/m1/s1. The van der Waals surface area contributed by atoms with Crippen LogP contribution in [0.5, 0.6) is 0 Å². The van der Waals surface area contributed by atoms with Gasteiger partial charge in [0, 0.05) is 6.04 Å². The van der Waals surface area contributed by atoms with Gasteiger partial charge in [0.2, 0.25) is 0 Å². The van der Waals surface area contributed by atoms with Gasteiger partial charge in [-0.1, -0.05) is 12.1 Å². The van der Waals surface area contributed by atoms with Crippen molar-refractivity contribution in [1.82, 2.24) is 0 Å². The number of aliphatic carboxylic acids is 1. The summed E-state index contributed by atoms with van der Waals surface area (Å²) in [6.07, 6.45) is -0.104. The number of nitrogens with two attached hydrogens (primary N) is 1. The monoisotopic (exact) mass is 234 g/mol. The molecule has 0 spiro atoms. The van der Waals surface area contributed by atoms with E-state index in [9.17, 15) is 4.79 Å². The van der Waals surface area contributed by atoms with Crippen molar-refractivity contribution in [3.05, 3.63) is 35.4 Å². The Bertz CT molecular complexity index is 409. The first-order valence-electron chi connectivity index (χ1n) is 5.16. The lowest BCUT2D eigenvalue weighted by Gasteiger charge is -2.09. The SMILES string of the molecule is N#Cc1ccc(COC[C@H](N)CC(=O)O)cc1. The van der Waals surface area contributed by atoms with Gasteiger partial charge in [-0.15, -0.1) is 0 Å². The Morgan fingerprint density at radius 1 is 1.47 bits per heavy atom. The molecule has 0 saturated carbocycles. The van der Waals surface area contributed by atoms with Gasteiger partial charge in [0.05, 0.1) is 31.3 Å². The van der Waals surface area contributed by atoms with Crippen molar-refractivity contribution in [2.75, 3.05) is 6.61 Å². The van der Waals surface area contributed by atoms with Crippen LogP contribution in [0.1, 0.15) is 17.5 Å². The van der Waals surface area contributed by atoms with Crippen molar-refractivity contribution >= 4 is 5.97 Å². The van der Waals surface area contributed by atoms with Gasteiger partial charge in [0.25, 0.3) is 0 Å². The zero-order chi connectivity index (χ0) is 12.7. The van der Waals surface area contributed by atoms with Gasteiger partial charge < -0.3 is 15.6 Å². The number of hydrogen-bond acceptors (Lipinski definition) is 4. The number of ether oxygens (including phenoxy) is 1. The van der Waals surface area contributed by atoms with Crippen LogP contribution < -0.4 is 5.73 Å². The van der Waals surface area contributed by atoms with Gasteiger partial charge in [0.1, 0.15) is 0 Å². The summed E-state index contributed by atoms with van der Waals surface area (Å²) in [6.45, 7) is 0.561. The predicted molar refractivity (Wildman–Crippen MR) is 61.0 cm³/mol. The molecule has 0 aliphatic heterocycles. The van der Waals surface area contributed by atoms with Crippen LogP contribution in [-0.2, 0) is 16.1 Å². The summed E-state index contributed by atoms with van der Waals surface area (Å²) in [5.41, 5.74) is 7.05. The number of hydrogen-bond donors (Lipinski definition) is 2. The molecule has 0 amide bonds. The Balaban J connectivity index is 2.31. The van der Waals surface area contributed by atoms with Crippen LogP contribution in [0.25, 0.3) is 0 Å². The molecule has 17 heavy (non-hydrogen) atoms. The quantitative estimate of drug-likeness (QED) is 0.761. The fraction of sp³-hybridized carbons (Fsp3) is 0.333. The number of nitrogens with zero attached hydrogens (tertiary/aromatic N) is 1. The molecule has 90 valence electrons. The highest BCUT2D eigenvalue weighted by Crippen LogP contribution is 2.05. The van der Waals surface area contributed by atoms with Crippen molar-refractivity contribution in [3.8, 4) is 6.07 Å². The van der Waals surface area contributed by atoms with Crippen LogP contribution in [0, 0.1) is 11.3 Å². The van der Waals surface area contributed by atoms with Crippen molar-refractivity contribution in [2.24, 2.45) is 5.73 Å². The third-order valence-electron chi connectivity index (χ3n) is 2.12. The third-order valence-corrected chi connectivity index (χ3v) is 2.12. The minimum atomic E-state index is -0.931. The van der Waals surface area contributed by atoms with Gasteiger partial charge in [-0.2, -0.15) is 5.26 Å². The van der Waals surface area contributed by atoms with Gasteiger partial charge in [0.15, 0.2) is 0 Å². The lowest BCUT2D eigenvalue weighted by atomic mass is 10.1. The second-order valence-corrected chi connectivity index (χ2v) is 3.68. The second kappa shape index (κ2) is 6.63. The first-order valence-corrected chi connectivity index (χ1v) is 5.16. The molecule has 1 aromatic rings. The minimum absolute atomic E-state index is 0.104. The molecule has 5 nitrogen and oxygen atoms in total. The first-order chi connectivity index (χ1) is 8.11. The topological polar surface area (TPSA) is 96.3 Å². The van der Waals surface area contributed by atoms with Crippen LogP contribution in [0.2, 0.25) is 0 Å². The normalized spacial score (nSPS) is 11.8. The van der Waals surface area contributed by atoms with E-state index in [0.717, 1.165) is 5.56 Å². The summed E-state index contributed by atoms with van der Waals surface area (Å²) in [7, 11) is 0. The summed E-state index contributed by atoms with van der Waals surface area (Å²) in [5.74, 6) is -0.931. The van der Waals surface area contributed by atoms with E-state index in [0.29, 0.717) is 12.2 Å². The number of rotatable bonds is 6. The molecular weight excluding hydrogens is 220 g/mol. The number of carbonyl (C=O) groups is 1. The molecule has 0 aliphatic rings. The fourth-order valence-electron chi connectivity index (χ4n) is 1.29. The maximum atomic E-state index is 10.3. The Kier molecular flexibility index (Phi) is 5.14. The molecule has 0 aromatic heterocycles. The highest BCUT2D eigenvalue weighted by Gasteiger charge is 2.07. The first kappa shape index (κ1) is 13.2. The summed E-state index contributed by atoms with van der Waals surface area (Å²) >= 11 is 0. The van der Waals surface area contributed by atoms with Crippen LogP contribution in [0.4, 0.5) is 0 Å². The Morgan fingerprint density at radius 2 is 2.12 bits per heavy atom. The van der Waals surface area contributed by atoms with E-state index in [1.165, 1.54) is 0 Å². The fourth-order valence-corrected chi connectivity index (χ4v) is 1.29. The molecular formula is C12H14N2O3. The molecule has 5 heteroatoms. The van der Waals surface area contributed by atoms with Gasteiger partial charge in [-0.25, -0.2) is 0 Å². The van der Waals surface area contributed by atoms with Crippen molar-refractivity contribution in [1.29, 1.82) is 5.26 Å². The predicted octanol–water partition coefficient (Wildman–Crippen LogP) is 0.877. The number of nitriles is 1. The molecule has 1 atom stereocenters. The maximum absolute atomic E-state index is 10.3. The van der Waals surface area contributed by atoms with E-state index in [-0.39, 0.29) is 13.0 Å². The summed E-state index contributed by atoms with van der Waals surface area (Å²) in [5, 5.41) is 17.1. The summed E-state index contributed by atoms with van der Waals surface area (Å²) < 4.78 is 5.28. The number of carboxylic acid groups (broad SMARTS) is 1. The van der Waals surface area contributed by atoms with Crippen LogP contribution in [0.3, 0.4) is 0 Å². The molecule has 1 aromatic carbocycles. The lowest BCUT2D eigenvalue weighted by molar-refractivity contribution is -0.137. The average Bonchev–Trinajstić information content (AvgIpc) is 2.29. The van der Waals surface area contributed by atoms with Crippen molar-refractivity contribution in [2.45, 2.75) is 19.1 Å². The minimum Gasteiger partial charge on any atom is -0.481 e. The molecule has 0 unspecified atom stereocenters.